The molecule has 1 aromatic rings. The minimum atomic E-state index is -0.836. The number of hydrogen-bond donors (Lipinski definition) is 2. The van der Waals surface area contributed by atoms with Gasteiger partial charge in [0.1, 0.15) is 12.1 Å². The van der Waals surface area contributed by atoms with Gasteiger partial charge in [0.2, 0.25) is 0 Å². The Morgan fingerprint density at radius 3 is 2.70 bits per heavy atom. The summed E-state index contributed by atoms with van der Waals surface area (Å²) in [6.07, 6.45) is 3.00. The lowest BCUT2D eigenvalue weighted by molar-refractivity contribution is -0.147. The van der Waals surface area contributed by atoms with Crippen LogP contribution in [-0.2, 0) is 14.3 Å². The van der Waals surface area contributed by atoms with E-state index in [1.54, 1.807) is 17.5 Å². The van der Waals surface area contributed by atoms with Crippen LogP contribution in [0.15, 0.2) is 17.5 Å². The van der Waals surface area contributed by atoms with Crippen LogP contribution in [0, 0.1) is 11.3 Å². The van der Waals surface area contributed by atoms with Crippen molar-refractivity contribution >= 4 is 29.1 Å². The van der Waals surface area contributed by atoms with Crippen LogP contribution >= 0.6 is 11.3 Å². The molecule has 2 rings (SSSR count). The molecule has 0 aliphatic heterocycles. The van der Waals surface area contributed by atoms with Crippen molar-refractivity contribution < 1.29 is 19.1 Å². The molecular formula is C15H17N3O4S. The van der Waals surface area contributed by atoms with E-state index in [4.69, 9.17) is 10.00 Å². The maximum atomic E-state index is 11.8. The average Bonchev–Trinajstić information content (AvgIpc) is 3.22. The minimum Gasteiger partial charge on any atom is -0.454 e. The number of nitrogens with zero attached hydrogens (tertiary/aromatic N) is 1. The highest BCUT2D eigenvalue weighted by atomic mass is 32.1. The first-order valence-corrected chi connectivity index (χ1v) is 8.12. The Morgan fingerprint density at radius 1 is 1.35 bits per heavy atom. The third-order valence-corrected chi connectivity index (χ3v) is 4.42. The van der Waals surface area contributed by atoms with Crippen molar-refractivity contribution in [3.63, 3.8) is 0 Å². The number of carbonyl (C=O) groups excluding carboxylic acids is 3. The molecular weight excluding hydrogens is 318 g/mol. The van der Waals surface area contributed by atoms with Crippen LogP contribution in [-0.4, -0.2) is 36.5 Å². The van der Waals surface area contributed by atoms with Crippen molar-refractivity contribution in [3.05, 3.63) is 22.4 Å². The summed E-state index contributed by atoms with van der Waals surface area (Å²) in [5, 5.41) is 16.0. The van der Waals surface area contributed by atoms with E-state index in [9.17, 15) is 14.4 Å². The molecule has 0 saturated heterocycles. The Labute approximate surface area is 137 Å². The number of nitriles is 1. The fourth-order valence-corrected chi connectivity index (χ4v) is 3.03. The van der Waals surface area contributed by atoms with Crippen LogP contribution in [0.3, 0.4) is 0 Å². The zero-order valence-corrected chi connectivity index (χ0v) is 13.3. The Bertz CT molecular complexity index is 615. The summed E-state index contributed by atoms with van der Waals surface area (Å²) in [7, 11) is 0. The van der Waals surface area contributed by atoms with E-state index < -0.39 is 24.0 Å². The molecule has 23 heavy (non-hydrogen) atoms. The number of nitrogens with one attached hydrogen (secondary N) is 2. The second-order valence-electron chi connectivity index (χ2n) is 5.27. The first kappa shape index (κ1) is 17.0. The van der Waals surface area contributed by atoms with E-state index in [-0.39, 0.29) is 12.5 Å². The molecule has 1 fully saturated rings. The van der Waals surface area contributed by atoms with Gasteiger partial charge in [-0.25, -0.2) is 0 Å². The highest BCUT2D eigenvalue weighted by Crippen LogP contribution is 2.28. The second kappa shape index (κ2) is 7.74. The fraction of sp³-hybridized carbons (Fsp3) is 0.467. The van der Waals surface area contributed by atoms with E-state index in [1.807, 2.05) is 0 Å². The summed E-state index contributed by atoms with van der Waals surface area (Å²) in [6.45, 7) is -0.773. The van der Waals surface area contributed by atoms with Gasteiger partial charge in [-0.15, -0.1) is 11.3 Å². The molecule has 1 aliphatic rings. The van der Waals surface area contributed by atoms with Crippen LogP contribution < -0.4 is 10.6 Å². The zero-order valence-electron chi connectivity index (χ0n) is 12.5. The van der Waals surface area contributed by atoms with Gasteiger partial charge in [0, 0.05) is 0 Å². The monoisotopic (exact) mass is 335 g/mol. The molecule has 0 unspecified atom stereocenters. The van der Waals surface area contributed by atoms with Crippen molar-refractivity contribution in [1.29, 1.82) is 5.26 Å². The van der Waals surface area contributed by atoms with Gasteiger partial charge in [-0.05, 0) is 37.1 Å². The van der Waals surface area contributed by atoms with Gasteiger partial charge in [-0.2, -0.15) is 5.26 Å². The average molecular weight is 335 g/mol. The summed E-state index contributed by atoms with van der Waals surface area (Å²) in [6, 6.07) is 5.50. The standard InChI is InChI=1S/C15H17N3O4S/c16-10-15(5-1-2-6-15)18-12(19)9-22-13(20)8-17-14(21)11-4-3-7-23-11/h3-4,7H,1-2,5-6,8-9H2,(H,17,21)(H,18,19). The molecule has 2 N–H and O–H groups in total. The van der Waals surface area contributed by atoms with Gasteiger partial charge in [0.15, 0.2) is 6.61 Å². The van der Waals surface area contributed by atoms with E-state index in [2.05, 4.69) is 16.7 Å². The first-order chi connectivity index (χ1) is 11.0. The number of rotatable bonds is 6. The quantitative estimate of drug-likeness (QED) is 0.753. The Kier molecular flexibility index (Phi) is 5.71. The van der Waals surface area contributed by atoms with Gasteiger partial charge in [-0.1, -0.05) is 6.07 Å². The number of amides is 2. The molecule has 0 aromatic carbocycles. The summed E-state index contributed by atoms with van der Waals surface area (Å²) < 4.78 is 4.80. The third kappa shape index (κ3) is 4.79. The van der Waals surface area contributed by atoms with Gasteiger partial charge in [-0.3, -0.25) is 14.4 Å². The molecule has 1 saturated carbocycles. The summed E-state index contributed by atoms with van der Waals surface area (Å²) in [5.74, 6) is -1.58. The molecule has 1 heterocycles. The lowest BCUT2D eigenvalue weighted by Gasteiger charge is -2.21. The molecule has 0 atom stereocenters. The van der Waals surface area contributed by atoms with Gasteiger partial charge < -0.3 is 15.4 Å². The lowest BCUT2D eigenvalue weighted by atomic mass is 10.00. The van der Waals surface area contributed by atoms with Crippen LogP contribution in [0.25, 0.3) is 0 Å². The predicted molar refractivity (Wildman–Crippen MR) is 82.6 cm³/mol. The molecule has 0 spiro atoms. The van der Waals surface area contributed by atoms with Crippen LogP contribution in [0.1, 0.15) is 35.4 Å². The van der Waals surface area contributed by atoms with Crippen molar-refractivity contribution in [2.75, 3.05) is 13.2 Å². The normalized spacial score (nSPS) is 15.4. The van der Waals surface area contributed by atoms with Crippen molar-refractivity contribution in [2.45, 2.75) is 31.2 Å². The zero-order chi connectivity index (χ0) is 16.7. The van der Waals surface area contributed by atoms with Gasteiger partial charge >= 0.3 is 5.97 Å². The van der Waals surface area contributed by atoms with E-state index >= 15 is 0 Å². The van der Waals surface area contributed by atoms with Gasteiger partial charge in [0.25, 0.3) is 11.8 Å². The topological polar surface area (TPSA) is 108 Å². The predicted octanol–water partition coefficient (Wildman–Crippen LogP) is 0.974. The van der Waals surface area contributed by atoms with Gasteiger partial charge in [0.05, 0.1) is 10.9 Å². The summed E-state index contributed by atoms with van der Waals surface area (Å²) in [5.41, 5.74) is -0.836. The number of thiophene rings is 1. The Morgan fingerprint density at radius 2 is 2.09 bits per heavy atom. The maximum Gasteiger partial charge on any atom is 0.325 e. The second-order valence-corrected chi connectivity index (χ2v) is 6.22. The lowest BCUT2D eigenvalue weighted by Crippen LogP contribution is -2.47. The number of hydrogen-bond acceptors (Lipinski definition) is 6. The fourth-order valence-electron chi connectivity index (χ4n) is 2.39. The number of ether oxygens (including phenoxy) is 1. The van der Waals surface area contributed by atoms with Crippen molar-refractivity contribution in [3.8, 4) is 6.07 Å². The largest absolute Gasteiger partial charge is 0.454 e. The maximum absolute atomic E-state index is 11.8. The molecule has 7 nitrogen and oxygen atoms in total. The number of esters is 1. The Hall–Kier alpha value is -2.40. The van der Waals surface area contributed by atoms with Crippen molar-refractivity contribution in [2.24, 2.45) is 0 Å². The molecule has 8 heteroatoms. The van der Waals surface area contributed by atoms with Crippen LogP contribution in [0.5, 0.6) is 0 Å². The van der Waals surface area contributed by atoms with Crippen LogP contribution in [0.4, 0.5) is 0 Å². The van der Waals surface area contributed by atoms with E-state index in [1.165, 1.54) is 11.3 Å². The minimum absolute atomic E-state index is 0.312. The first-order valence-electron chi connectivity index (χ1n) is 7.24. The SMILES string of the molecule is N#CC1(NC(=O)COC(=O)CNC(=O)c2cccs2)CCCC1. The van der Waals surface area contributed by atoms with Crippen LogP contribution in [0.2, 0.25) is 0 Å². The highest BCUT2D eigenvalue weighted by Gasteiger charge is 2.35. The van der Waals surface area contributed by atoms with Crippen molar-refractivity contribution in [1.82, 2.24) is 10.6 Å². The highest BCUT2D eigenvalue weighted by molar-refractivity contribution is 7.12. The smallest absolute Gasteiger partial charge is 0.325 e. The number of carbonyl (C=O) groups is 3. The summed E-state index contributed by atoms with van der Waals surface area (Å²) >= 11 is 1.26. The molecule has 1 aliphatic carbocycles. The van der Waals surface area contributed by atoms with E-state index in [0.717, 1.165) is 12.8 Å². The molecule has 0 radical (unpaired) electrons. The van der Waals surface area contributed by atoms with E-state index in [0.29, 0.717) is 17.7 Å². The third-order valence-electron chi connectivity index (χ3n) is 3.55. The molecule has 2 amide bonds. The molecule has 122 valence electrons. The summed E-state index contributed by atoms with van der Waals surface area (Å²) in [4.78, 5) is 35.4. The molecule has 0 bridgehead atoms. The molecule has 1 aromatic heterocycles. The Balaban J connectivity index is 1.69.